The van der Waals surface area contributed by atoms with Crippen molar-refractivity contribution in [2.75, 3.05) is 38.2 Å². The Morgan fingerprint density at radius 1 is 1.26 bits per heavy atom. The van der Waals surface area contributed by atoms with Crippen LogP contribution in [-0.2, 0) is 9.53 Å². The highest BCUT2D eigenvalue weighted by Gasteiger charge is 2.20. The van der Waals surface area contributed by atoms with E-state index < -0.39 is 0 Å². The molecular formula is C23H26ClN7O3. The predicted octanol–water partition coefficient (Wildman–Crippen LogP) is 2.44. The van der Waals surface area contributed by atoms with Gasteiger partial charge in [-0.05, 0) is 32.0 Å². The molecule has 0 saturated carbocycles. The molecule has 0 radical (unpaired) electrons. The van der Waals surface area contributed by atoms with Crippen LogP contribution in [0, 0.1) is 5.41 Å². The van der Waals surface area contributed by atoms with E-state index in [1.807, 2.05) is 13.8 Å². The minimum atomic E-state index is -0.269. The highest BCUT2D eigenvalue weighted by molar-refractivity contribution is 6.31. The fraction of sp³-hybridized carbons (Fsp3) is 0.348. The summed E-state index contributed by atoms with van der Waals surface area (Å²) in [5, 5.41) is 15.2. The molecule has 0 bridgehead atoms. The number of carbonyl (C=O) groups is 2. The second kappa shape index (κ2) is 10.2. The van der Waals surface area contributed by atoms with E-state index in [0.29, 0.717) is 59.3 Å². The second-order valence-electron chi connectivity index (χ2n) is 8.19. The lowest BCUT2D eigenvalue weighted by atomic mass is 10.0. The molecule has 10 nitrogen and oxygen atoms in total. The lowest BCUT2D eigenvalue weighted by molar-refractivity contribution is -0.133. The lowest BCUT2D eigenvalue weighted by Gasteiger charge is -2.27. The molecule has 1 fully saturated rings. The fourth-order valence-electron chi connectivity index (χ4n) is 3.64. The number of ether oxygens (including phenoxy) is 1. The van der Waals surface area contributed by atoms with Gasteiger partial charge in [-0.3, -0.25) is 15.0 Å². The topological polar surface area (TPSA) is 136 Å². The molecule has 1 aliphatic heterocycles. The van der Waals surface area contributed by atoms with Crippen LogP contribution in [0.4, 0.5) is 5.69 Å². The number of nitrogens with one attached hydrogen (secondary N) is 4. The van der Waals surface area contributed by atoms with Crippen molar-refractivity contribution in [1.29, 1.82) is 5.41 Å². The monoisotopic (exact) mass is 483 g/mol. The first-order valence-electron chi connectivity index (χ1n) is 11.0. The van der Waals surface area contributed by atoms with E-state index in [0.717, 1.165) is 0 Å². The van der Waals surface area contributed by atoms with E-state index in [2.05, 4.69) is 25.6 Å². The molecule has 3 heterocycles. The van der Waals surface area contributed by atoms with Crippen LogP contribution in [0.15, 0.2) is 30.6 Å². The normalized spacial score (nSPS) is 13.8. The van der Waals surface area contributed by atoms with Gasteiger partial charge in [-0.1, -0.05) is 11.6 Å². The Morgan fingerprint density at radius 2 is 2.03 bits per heavy atom. The largest absolute Gasteiger partial charge is 0.378 e. The summed E-state index contributed by atoms with van der Waals surface area (Å²) in [6.07, 6.45) is 3.03. The SMILES string of the molecule is CC(C)NC(=O)c1c[nH]c2ncc(C(=N)c3ccc(Cl)cc3NCC(=O)N3CCOCC3)nc12. The molecule has 2 amide bonds. The van der Waals surface area contributed by atoms with Crippen LogP contribution in [-0.4, -0.2) is 76.3 Å². The Hall–Kier alpha value is -3.50. The third-order valence-corrected chi connectivity index (χ3v) is 5.58. The van der Waals surface area contributed by atoms with Crippen molar-refractivity contribution in [3.05, 3.63) is 52.4 Å². The summed E-state index contributed by atoms with van der Waals surface area (Å²) in [7, 11) is 0. The zero-order valence-corrected chi connectivity index (χ0v) is 19.7. The van der Waals surface area contributed by atoms with E-state index in [9.17, 15) is 9.59 Å². The van der Waals surface area contributed by atoms with Crippen LogP contribution in [0.2, 0.25) is 5.02 Å². The highest BCUT2D eigenvalue weighted by Crippen LogP contribution is 2.24. The number of morpholine rings is 1. The van der Waals surface area contributed by atoms with E-state index in [1.165, 1.54) is 6.20 Å². The molecule has 1 saturated heterocycles. The van der Waals surface area contributed by atoms with Gasteiger partial charge in [0.05, 0.1) is 37.2 Å². The maximum absolute atomic E-state index is 12.6. The first-order valence-corrected chi connectivity index (χ1v) is 11.3. The van der Waals surface area contributed by atoms with Gasteiger partial charge in [0, 0.05) is 41.6 Å². The first kappa shape index (κ1) is 23.7. The van der Waals surface area contributed by atoms with Crippen LogP contribution >= 0.6 is 11.6 Å². The molecule has 178 valence electrons. The Kier molecular flexibility index (Phi) is 7.09. The Morgan fingerprint density at radius 3 is 2.76 bits per heavy atom. The number of amides is 2. The van der Waals surface area contributed by atoms with E-state index in [1.54, 1.807) is 29.3 Å². The van der Waals surface area contributed by atoms with Crippen molar-refractivity contribution >= 4 is 46.0 Å². The van der Waals surface area contributed by atoms with Crippen LogP contribution in [0.25, 0.3) is 11.2 Å². The molecule has 1 aromatic carbocycles. The Balaban J connectivity index is 1.59. The third-order valence-electron chi connectivity index (χ3n) is 5.35. The number of benzene rings is 1. The van der Waals surface area contributed by atoms with Crippen molar-refractivity contribution in [3.8, 4) is 0 Å². The standard InChI is InChI=1S/C23H26ClN7O3/c1-13(2)29-23(33)16-10-27-22-21(16)30-18(11-28-22)20(25)15-4-3-14(24)9-17(15)26-12-19(32)31-5-7-34-8-6-31/h3-4,9-11,13,25-26H,5-8,12H2,1-2H3,(H,27,28)(H,29,33). The van der Waals surface area contributed by atoms with Gasteiger partial charge in [-0.15, -0.1) is 0 Å². The van der Waals surface area contributed by atoms with Gasteiger partial charge in [0.1, 0.15) is 11.2 Å². The molecule has 4 N–H and O–H groups in total. The number of aromatic nitrogens is 3. The maximum atomic E-state index is 12.6. The number of rotatable bonds is 7. The molecule has 0 unspecified atom stereocenters. The quantitative estimate of drug-likeness (QED) is 0.381. The van der Waals surface area contributed by atoms with Crippen molar-refractivity contribution in [2.45, 2.75) is 19.9 Å². The van der Waals surface area contributed by atoms with Gasteiger partial charge in [-0.2, -0.15) is 0 Å². The molecule has 11 heteroatoms. The van der Waals surface area contributed by atoms with Gasteiger partial charge < -0.3 is 25.3 Å². The van der Waals surface area contributed by atoms with Crippen molar-refractivity contribution in [1.82, 2.24) is 25.2 Å². The number of H-pyrrole nitrogens is 1. The number of fused-ring (bicyclic) bond motifs is 1. The summed E-state index contributed by atoms with van der Waals surface area (Å²) >= 11 is 6.19. The number of carbonyl (C=O) groups excluding carboxylic acids is 2. The van der Waals surface area contributed by atoms with Gasteiger partial charge in [-0.25, -0.2) is 9.97 Å². The second-order valence-corrected chi connectivity index (χ2v) is 8.63. The summed E-state index contributed by atoms with van der Waals surface area (Å²) in [6.45, 7) is 5.96. The highest BCUT2D eigenvalue weighted by atomic mass is 35.5. The number of halogens is 1. The number of aromatic amines is 1. The predicted molar refractivity (Wildman–Crippen MR) is 130 cm³/mol. The summed E-state index contributed by atoms with van der Waals surface area (Å²) in [6, 6.07) is 5.00. The smallest absolute Gasteiger partial charge is 0.255 e. The van der Waals surface area contributed by atoms with Crippen molar-refractivity contribution in [3.63, 3.8) is 0 Å². The third kappa shape index (κ3) is 5.18. The van der Waals surface area contributed by atoms with E-state index in [-0.39, 0.29) is 35.8 Å². The van der Waals surface area contributed by atoms with Gasteiger partial charge in [0.2, 0.25) is 5.91 Å². The van der Waals surface area contributed by atoms with Crippen LogP contribution < -0.4 is 10.6 Å². The minimum Gasteiger partial charge on any atom is -0.378 e. The van der Waals surface area contributed by atoms with E-state index in [4.69, 9.17) is 21.7 Å². The summed E-state index contributed by atoms with van der Waals surface area (Å²) < 4.78 is 5.29. The van der Waals surface area contributed by atoms with Crippen LogP contribution in [0.5, 0.6) is 0 Å². The molecule has 0 atom stereocenters. The Labute approximate surface area is 201 Å². The molecular weight excluding hydrogens is 458 g/mol. The molecule has 4 rings (SSSR count). The van der Waals surface area contributed by atoms with Gasteiger partial charge in [0.15, 0.2) is 5.65 Å². The molecule has 0 aliphatic carbocycles. The average Bonchev–Trinajstić information content (AvgIpc) is 3.26. The van der Waals surface area contributed by atoms with Crippen LogP contribution in [0.3, 0.4) is 0 Å². The zero-order chi connectivity index (χ0) is 24.2. The van der Waals surface area contributed by atoms with Gasteiger partial charge in [0.25, 0.3) is 5.91 Å². The molecule has 2 aromatic heterocycles. The van der Waals surface area contributed by atoms with Crippen LogP contribution in [0.1, 0.15) is 35.5 Å². The molecule has 34 heavy (non-hydrogen) atoms. The molecule has 1 aliphatic rings. The molecule has 3 aromatic rings. The Bertz CT molecular complexity index is 1230. The number of hydrogen-bond donors (Lipinski definition) is 4. The number of anilines is 1. The first-order chi connectivity index (χ1) is 16.3. The van der Waals surface area contributed by atoms with Crippen molar-refractivity contribution in [2.24, 2.45) is 0 Å². The molecule has 0 spiro atoms. The summed E-state index contributed by atoms with van der Waals surface area (Å²) in [5.41, 5.74) is 2.61. The van der Waals surface area contributed by atoms with Gasteiger partial charge >= 0.3 is 0 Å². The number of nitrogens with zero attached hydrogens (tertiary/aromatic N) is 3. The minimum absolute atomic E-state index is 0.0326. The zero-order valence-electron chi connectivity index (χ0n) is 18.9. The van der Waals surface area contributed by atoms with Crippen molar-refractivity contribution < 1.29 is 14.3 Å². The van der Waals surface area contributed by atoms with E-state index >= 15 is 0 Å². The summed E-state index contributed by atoms with van der Waals surface area (Å²) in [4.78, 5) is 38.7. The lowest BCUT2D eigenvalue weighted by Crippen LogP contribution is -2.43. The number of hydrogen-bond acceptors (Lipinski definition) is 7. The average molecular weight is 484 g/mol. The maximum Gasteiger partial charge on any atom is 0.255 e. The fourth-order valence-corrected chi connectivity index (χ4v) is 3.81. The summed E-state index contributed by atoms with van der Waals surface area (Å²) in [5.74, 6) is -0.329.